The maximum atomic E-state index is 12.9. The number of hydrogen-bond donors (Lipinski definition) is 2. The van der Waals surface area contributed by atoms with Gasteiger partial charge in [0.25, 0.3) is 5.91 Å². The van der Waals surface area contributed by atoms with Gasteiger partial charge in [0.05, 0.1) is 23.1 Å². The Morgan fingerprint density at radius 1 is 0.886 bits per heavy atom. The molecule has 4 amide bonds. The molecule has 1 saturated carbocycles. The van der Waals surface area contributed by atoms with Gasteiger partial charge in [0, 0.05) is 18.3 Å². The van der Waals surface area contributed by atoms with Crippen LogP contribution >= 0.6 is 0 Å². The standard InChI is InChI=1S/C26H27N3O6/c1-15-3-12-21-22(13-15)25(33)29(24(21)32)20-10-4-17(5-11-20)26(34)35-14-23(31)28-19-8-6-18(7-9-19)27-16(2)30/h4-11,15,21-22H,3,12-14H2,1-2H3,(H,27,30)(H,28,31)/t15-,21+,22-/m0/s1. The summed E-state index contributed by atoms with van der Waals surface area (Å²) < 4.78 is 5.08. The van der Waals surface area contributed by atoms with Crippen molar-refractivity contribution in [3.8, 4) is 0 Å². The lowest BCUT2D eigenvalue weighted by atomic mass is 9.76. The van der Waals surface area contributed by atoms with E-state index in [4.69, 9.17) is 4.74 Å². The monoisotopic (exact) mass is 477 g/mol. The molecule has 1 saturated heterocycles. The molecule has 0 aromatic heterocycles. The molecular formula is C26H27N3O6. The molecule has 1 aliphatic carbocycles. The minimum atomic E-state index is -0.700. The molecule has 1 heterocycles. The second-order valence-corrected chi connectivity index (χ2v) is 9.07. The van der Waals surface area contributed by atoms with Crippen LogP contribution in [0.5, 0.6) is 0 Å². The highest BCUT2D eigenvalue weighted by Crippen LogP contribution is 2.42. The Balaban J connectivity index is 1.31. The van der Waals surface area contributed by atoms with Gasteiger partial charge >= 0.3 is 5.97 Å². The Bertz CT molecular complexity index is 1160. The van der Waals surface area contributed by atoms with Gasteiger partial charge in [0.2, 0.25) is 17.7 Å². The SMILES string of the molecule is CC(=O)Nc1ccc(NC(=O)COC(=O)c2ccc(N3C(=O)[C@H]4C[C@@H](C)CC[C@H]4C3=O)cc2)cc1. The largest absolute Gasteiger partial charge is 0.452 e. The average Bonchev–Trinajstić information content (AvgIpc) is 3.07. The van der Waals surface area contributed by atoms with Gasteiger partial charge in [-0.2, -0.15) is 0 Å². The first kappa shape index (κ1) is 24.1. The van der Waals surface area contributed by atoms with Gasteiger partial charge in [-0.25, -0.2) is 4.79 Å². The number of nitrogens with zero attached hydrogens (tertiary/aromatic N) is 1. The highest BCUT2D eigenvalue weighted by Gasteiger charge is 2.49. The van der Waals surface area contributed by atoms with Gasteiger partial charge in [0.15, 0.2) is 6.61 Å². The van der Waals surface area contributed by atoms with E-state index in [0.29, 0.717) is 23.0 Å². The summed E-state index contributed by atoms with van der Waals surface area (Å²) in [5.41, 5.74) is 1.71. The number of amides is 4. The number of benzene rings is 2. The number of rotatable bonds is 6. The van der Waals surface area contributed by atoms with E-state index in [9.17, 15) is 24.0 Å². The average molecular weight is 478 g/mol. The highest BCUT2D eigenvalue weighted by atomic mass is 16.5. The van der Waals surface area contributed by atoms with Crippen LogP contribution in [0, 0.1) is 17.8 Å². The minimum Gasteiger partial charge on any atom is -0.452 e. The van der Waals surface area contributed by atoms with E-state index in [1.165, 1.54) is 24.0 Å². The van der Waals surface area contributed by atoms with Crippen molar-refractivity contribution in [2.45, 2.75) is 33.1 Å². The van der Waals surface area contributed by atoms with E-state index in [1.54, 1.807) is 36.4 Å². The van der Waals surface area contributed by atoms with Gasteiger partial charge < -0.3 is 15.4 Å². The van der Waals surface area contributed by atoms with Gasteiger partial charge in [-0.15, -0.1) is 0 Å². The Morgan fingerprint density at radius 2 is 1.49 bits per heavy atom. The fourth-order valence-corrected chi connectivity index (χ4v) is 4.64. The third-order valence-electron chi connectivity index (χ3n) is 6.37. The van der Waals surface area contributed by atoms with E-state index in [2.05, 4.69) is 17.6 Å². The van der Waals surface area contributed by atoms with E-state index in [0.717, 1.165) is 19.3 Å². The predicted molar refractivity (Wildman–Crippen MR) is 129 cm³/mol. The van der Waals surface area contributed by atoms with Crippen molar-refractivity contribution >= 4 is 46.7 Å². The van der Waals surface area contributed by atoms with Gasteiger partial charge in [-0.3, -0.25) is 24.1 Å². The second kappa shape index (κ2) is 10.1. The number of imide groups is 1. The molecule has 2 aromatic carbocycles. The minimum absolute atomic E-state index is 0.177. The Kier molecular flexibility index (Phi) is 6.95. The van der Waals surface area contributed by atoms with Crippen molar-refractivity contribution in [2.75, 3.05) is 22.1 Å². The maximum Gasteiger partial charge on any atom is 0.338 e. The molecule has 4 rings (SSSR count). The van der Waals surface area contributed by atoms with Crippen molar-refractivity contribution in [3.63, 3.8) is 0 Å². The maximum absolute atomic E-state index is 12.9. The number of carbonyl (C=O) groups is 5. The molecule has 0 radical (unpaired) electrons. The van der Waals surface area contributed by atoms with Gasteiger partial charge in [-0.1, -0.05) is 6.92 Å². The first-order chi connectivity index (χ1) is 16.7. The second-order valence-electron chi connectivity index (χ2n) is 9.07. The number of carbonyl (C=O) groups excluding carboxylic acids is 5. The van der Waals surface area contributed by atoms with Crippen LogP contribution in [0.2, 0.25) is 0 Å². The highest BCUT2D eigenvalue weighted by molar-refractivity contribution is 6.22. The molecule has 0 spiro atoms. The number of nitrogens with one attached hydrogen (secondary N) is 2. The zero-order valence-corrected chi connectivity index (χ0v) is 19.6. The van der Waals surface area contributed by atoms with Crippen LogP contribution in [0.25, 0.3) is 0 Å². The van der Waals surface area contributed by atoms with Gasteiger partial charge in [0.1, 0.15) is 0 Å². The van der Waals surface area contributed by atoms with E-state index in [-0.39, 0.29) is 35.1 Å². The van der Waals surface area contributed by atoms with Crippen LogP contribution < -0.4 is 15.5 Å². The Labute approximate surface area is 202 Å². The predicted octanol–water partition coefficient (Wildman–Crippen LogP) is 3.37. The third kappa shape index (κ3) is 5.40. The summed E-state index contributed by atoms with van der Waals surface area (Å²) in [5, 5.41) is 5.23. The number of anilines is 3. The van der Waals surface area contributed by atoms with E-state index < -0.39 is 18.5 Å². The zero-order chi connectivity index (χ0) is 25.1. The Hall–Kier alpha value is -4.01. The molecule has 3 atom stereocenters. The van der Waals surface area contributed by atoms with Crippen molar-refractivity contribution in [2.24, 2.45) is 17.8 Å². The Morgan fingerprint density at radius 3 is 2.11 bits per heavy atom. The fourth-order valence-electron chi connectivity index (χ4n) is 4.64. The third-order valence-corrected chi connectivity index (χ3v) is 6.37. The lowest BCUT2D eigenvalue weighted by Crippen LogP contribution is -2.30. The molecule has 0 bridgehead atoms. The molecule has 2 fully saturated rings. The first-order valence-corrected chi connectivity index (χ1v) is 11.6. The van der Waals surface area contributed by atoms with Crippen LogP contribution in [-0.2, 0) is 23.9 Å². The molecule has 9 heteroatoms. The normalized spacial score (nSPS) is 21.3. The molecular weight excluding hydrogens is 450 g/mol. The number of hydrogen-bond acceptors (Lipinski definition) is 6. The molecule has 1 aliphatic heterocycles. The van der Waals surface area contributed by atoms with Gasteiger partial charge in [-0.05, 0) is 73.7 Å². The van der Waals surface area contributed by atoms with Crippen LogP contribution in [-0.4, -0.2) is 36.2 Å². The number of esters is 1. The molecule has 35 heavy (non-hydrogen) atoms. The summed E-state index contributed by atoms with van der Waals surface area (Å²) >= 11 is 0. The van der Waals surface area contributed by atoms with Crippen molar-refractivity contribution < 1.29 is 28.7 Å². The smallest absolute Gasteiger partial charge is 0.338 e. The lowest BCUT2D eigenvalue weighted by Gasteiger charge is -2.25. The van der Waals surface area contributed by atoms with Crippen molar-refractivity contribution in [3.05, 3.63) is 54.1 Å². The molecule has 2 N–H and O–H groups in total. The topological polar surface area (TPSA) is 122 Å². The molecule has 2 aromatic rings. The summed E-state index contributed by atoms with van der Waals surface area (Å²) in [7, 11) is 0. The zero-order valence-electron chi connectivity index (χ0n) is 19.6. The van der Waals surface area contributed by atoms with Crippen LogP contribution in [0.15, 0.2) is 48.5 Å². The van der Waals surface area contributed by atoms with Crippen molar-refractivity contribution in [1.29, 1.82) is 0 Å². The first-order valence-electron chi connectivity index (χ1n) is 11.6. The van der Waals surface area contributed by atoms with Crippen LogP contribution in [0.1, 0.15) is 43.5 Å². The number of fused-ring (bicyclic) bond motifs is 1. The lowest BCUT2D eigenvalue weighted by molar-refractivity contribution is -0.122. The number of ether oxygens (including phenoxy) is 1. The molecule has 182 valence electrons. The van der Waals surface area contributed by atoms with Crippen LogP contribution in [0.4, 0.5) is 17.1 Å². The van der Waals surface area contributed by atoms with E-state index in [1.807, 2.05) is 0 Å². The van der Waals surface area contributed by atoms with E-state index >= 15 is 0 Å². The molecule has 0 unspecified atom stereocenters. The summed E-state index contributed by atoms with van der Waals surface area (Å²) in [5.74, 6) is -1.88. The molecule has 9 nitrogen and oxygen atoms in total. The summed E-state index contributed by atoms with van der Waals surface area (Å²) in [4.78, 5) is 62.4. The summed E-state index contributed by atoms with van der Waals surface area (Å²) in [6.07, 6.45) is 2.38. The fraction of sp³-hybridized carbons (Fsp3) is 0.346. The summed E-state index contributed by atoms with van der Waals surface area (Å²) in [6, 6.07) is 12.5. The molecule has 2 aliphatic rings. The van der Waals surface area contributed by atoms with Crippen molar-refractivity contribution in [1.82, 2.24) is 0 Å². The quantitative estimate of drug-likeness (QED) is 0.486. The van der Waals surface area contributed by atoms with Crippen LogP contribution in [0.3, 0.4) is 0 Å². The summed E-state index contributed by atoms with van der Waals surface area (Å²) in [6.45, 7) is 3.01.